The summed E-state index contributed by atoms with van der Waals surface area (Å²) in [6.45, 7) is 2.41. The van der Waals surface area contributed by atoms with E-state index in [0.29, 0.717) is 23.0 Å². The number of benzene rings is 1. The second-order valence-corrected chi connectivity index (χ2v) is 6.00. The van der Waals surface area contributed by atoms with Crippen molar-refractivity contribution in [2.24, 2.45) is 0 Å². The van der Waals surface area contributed by atoms with Gasteiger partial charge in [0.05, 0.1) is 22.4 Å². The first-order chi connectivity index (χ1) is 11.9. The Morgan fingerprint density at radius 1 is 1.28 bits per heavy atom. The van der Waals surface area contributed by atoms with Crippen molar-refractivity contribution in [3.05, 3.63) is 47.8 Å². The van der Waals surface area contributed by atoms with Crippen LogP contribution in [0.1, 0.15) is 23.0 Å². The first-order valence-electron chi connectivity index (χ1n) is 7.25. The number of nitrogens with zero attached hydrogens (tertiary/aromatic N) is 2. The molecule has 0 fully saturated rings. The monoisotopic (exact) mass is 367 g/mol. The minimum Gasteiger partial charge on any atom is -0.494 e. The number of thiazole rings is 1. The molecule has 3 rings (SSSR count). The van der Waals surface area contributed by atoms with E-state index in [9.17, 15) is 18.0 Å². The molecular weight excluding hydrogens is 355 g/mol. The van der Waals surface area contributed by atoms with E-state index in [-0.39, 0.29) is 5.56 Å². The lowest BCUT2D eigenvalue weighted by atomic mass is 10.2. The number of pyridine rings is 1. The molecule has 2 aromatic heterocycles. The van der Waals surface area contributed by atoms with E-state index in [0.717, 1.165) is 23.0 Å². The van der Waals surface area contributed by atoms with E-state index in [4.69, 9.17) is 4.74 Å². The van der Waals surface area contributed by atoms with Crippen molar-refractivity contribution in [3.8, 4) is 5.75 Å². The summed E-state index contributed by atoms with van der Waals surface area (Å²) < 4.78 is 43.7. The van der Waals surface area contributed by atoms with Crippen LogP contribution in [0.2, 0.25) is 0 Å². The fraction of sp³-hybridized carbons (Fsp3) is 0.188. The molecule has 0 aliphatic rings. The van der Waals surface area contributed by atoms with Crippen molar-refractivity contribution in [3.63, 3.8) is 0 Å². The Hall–Kier alpha value is -2.68. The van der Waals surface area contributed by atoms with Gasteiger partial charge in [0.1, 0.15) is 11.4 Å². The lowest BCUT2D eigenvalue weighted by Gasteiger charge is -2.06. The van der Waals surface area contributed by atoms with Gasteiger partial charge in [0, 0.05) is 6.20 Å². The standard InChI is InChI=1S/C16H12F3N3O2S/c1-2-24-10-4-5-11-12(7-10)25-15(21-11)22-14(23)9-3-6-13(20-8-9)16(17,18)19/h3-8H,2H2,1H3,(H,21,22,23). The highest BCUT2D eigenvalue weighted by atomic mass is 32.1. The Balaban J connectivity index is 1.77. The van der Waals surface area contributed by atoms with Gasteiger partial charge in [-0.05, 0) is 37.3 Å². The van der Waals surface area contributed by atoms with Gasteiger partial charge < -0.3 is 4.74 Å². The number of nitrogens with one attached hydrogen (secondary N) is 1. The molecule has 1 aromatic carbocycles. The first-order valence-corrected chi connectivity index (χ1v) is 8.06. The van der Waals surface area contributed by atoms with E-state index in [1.165, 1.54) is 11.3 Å². The maximum Gasteiger partial charge on any atom is 0.433 e. The summed E-state index contributed by atoms with van der Waals surface area (Å²) in [5, 5.41) is 2.90. The van der Waals surface area contributed by atoms with Gasteiger partial charge in [0.15, 0.2) is 5.13 Å². The fourth-order valence-corrected chi connectivity index (χ4v) is 2.97. The van der Waals surface area contributed by atoms with Crippen LogP contribution in [0.15, 0.2) is 36.5 Å². The fourth-order valence-electron chi connectivity index (χ4n) is 2.08. The van der Waals surface area contributed by atoms with Crippen LogP contribution >= 0.6 is 11.3 Å². The van der Waals surface area contributed by atoms with Crippen LogP contribution in [0.5, 0.6) is 5.75 Å². The van der Waals surface area contributed by atoms with Gasteiger partial charge in [0.2, 0.25) is 0 Å². The van der Waals surface area contributed by atoms with E-state index in [1.54, 1.807) is 12.1 Å². The van der Waals surface area contributed by atoms with Gasteiger partial charge in [-0.3, -0.25) is 15.1 Å². The second kappa shape index (κ2) is 6.67. The second-order valence-electron chi connectivity index (χ2n) is 4.97. The Morgan fingerprint density at radius 2 is 2.08 bits per heavy atom. The van der Waals surface area contributed by atoms with Gasteiger partial charge in [-0.2, -0.15) is 13.2 Å². The third kappa shape index (κ3) is 3.87. The number of hydrogen-bond acceptors (Lipinski definition) is 5. The molecule has 1 N–H and O–H groups in total. The average molecular weight is 367 g/mol. The summed E-state index contributed by atoms with van der Waals surface area (Å²) in [4.78, 5) is 19.7. The van der Waals surface area contributed by atoms with Crippen LogP contribution in [0.4, 0.5) is 18.3 Å². The lowest BCUT2D eigenvalue weighted by Crippen LogP contribution is -2.14. The smallest absolute Gasteiger partial charge is 0.433 e. The Labute approximate surface area is 144 Å². The molecule has 0 unspecified atom stereocenters. The zero-order valence-corrected chi connectivity index (χ0v) is 13.7. The normalized spacial score (nSPS) is 11.5. The molecule has 25 heavy (non-hydrogen) atoms. The minimum atomic E-state index is -4.54. The number of carbonyl (C=O) groups is 1. The van der Waals surface area contributed by atoms with E-state index < -0.39 is 17.8 Å². The molecule has 0 radical (unpaired) electrons. The molecule has 1 amide bonds. The van der Waals surface area contributed by atoms with Crippen LogP contribution < -0.4 is 10.1 Å². The molecule has 0 bridgehead atoms. The van der Waals surface area contributed by atoms with Crippen LogP contribution in [0.3, 0.4) is 0 Å². The van der Waals surface area contributed by atoms with E-state index >= 15 is 0 Å². The molecule has 0 aliphatic heterocycles. The van der Waals surface area contributed by atoms with Crippen LogP contribution in [0.25, 0.3) is 10.2 Å². The molecule has 2 heterocycles. The van der Waals surface area contributed by atoms with Crippen LogP contribution in [-0.2, 0) is 6.18 Å². The minimum absolute atomic E-state index is 0.0160. The number of fused-ring (bicyclic) bond motifs is 1. The third-order valence-corrected chi connectivity index (χ3v) is 4.14. The van der Waals surface area contributed by atoms with Crippen molar-refractivity contribution in [2.75, 3.05) is 11.9 Å². The number of rotatable bonds is 4. The lowest BCUT2D eigenvalue weighted by molar-refractivity contribution is -0.141. The highest BCUT2D eigenvalue weighted by molar-refractivity contribution is 7.22. The maximum absolute atomic E-state index is 12.5. The van der Waals surface area contributed by atoms with Gasteiger partial charge in [0.25, 0.3) is 5.91 Å². The summed E-state index contributed by atoms with van der Waals surface area (Å²) in [5.41, 5.74) is -0.343. The number of hydrogen-bond donors (Lipinski definition) is 1. The highest BCUT2D eigenvalue weighted by Crippen LogP contribution is 2.30. The molecule has 0 spiro atoms. The Morgan fingerprint density at radius 3 is 2.72 bits per heavy atom. The molecular formula is C16H12F3N3O2S. The zero-order chi connectivity index (χ0) is 18.0. The zero-order valence-electron chi connectivity index (χ0n) is 12.9. The summed E-state index contributed by atoms with van der Waals surface area (Å²) in [7, 11) is 0. The van der Waals surface area contributed by atoms with Crippen molar-refractivity contribution in [2.45, 2.75) is 13.1 Å². The summed E-state index contributed by atoms with van der Waals surface area (Å²) in [5.74, 6) is 0.119. The van der Waals surface area contributed by atoms with Gasteiger partial charge in [-0.15, -0.1) is 0 Å². The number of anilines is 1. The molecule has 5 nitrogen and oxygen atoms in total. The average Bonchev–Trinajstić information content (AvgIpc) is 2.96. The molecule has 9 heteroatoms. The largest absolute Gasteiger partial charge is 0.494 e. The Kier molecular flexibility index (Phi) is 4.58. The maximum atomic E-state index is 12.5. The molecule has 130 valence electrons. The predicted molar refractivity (Wildman–Crippen MR) is 88.0 cm³/mol. The molecule has 0 aliphatic carbocycles. The number of amides is 1. The highest BCUT2D eigenvalue weighted by Gasteiger charge is 2.32. The molecule has 0 saturated heterocycles. The van der Waals surface area contributed by atoms with Gasteiger partial charge in [-0.25, -0.2) is 4.98 Å². The topological polar surface area (TPSA) is 64.1 Å². The van der Waals surface area contributed by atoms with Crippen molar-refractivity contribution >= 4 is 32.6 Å². The van der Waals surface area contributed by atoms with E-state index in [1.807, 2.05) is 13.0 Å². The predicted octanol–water partition coefficient (Wildman–Crippen LogP) is 4.36. The molecule has 0 saturated carbocycles. The quantitative estimate of drug-likeness (QED) is 0.744. The van der Waals surface area contributed by atoms with Crippen LogP contribution in [0, 0.1) is 0 Å². The van der Waals surface area contributed by atoms with Crippen molar-refractivity contribution in [1.82, 2.24) is 9.97 Å². The first kappa shape index (κ1) is 17.2. The summed E-state index contributed by atoms with van der Waals surface area (Å²) >= 11 is 1.24. The SMILES string of the molecule is CCOc1ccc2nc(NC(=O)c3ccc(C(F)(F)F)nc3)sc2c1. The number of halogens is 3. The van der Waals surface area contributed by atoms with Crippen molar-refractivity contribution in [1.29, 1.82) is 0 Å². The Bertz CT molecular complexity index is 907. The summed E-state index contributed by atoms with van der Waals surface area (Å²) in [6.07, 6.45) is -3.65. The summed E-state index contributed by atoms with van der Waals surface area (Å²) in [6, 6.07) is 7.20. The number of alkyl halides is 3. The number of aromatic nitrogens is 2. The van der Waals surface area contributed by atoms with Gasteiger partial charge in [-0.1, -0.05) is 11.3 Å². The molecule has 0 atom stereocenters. The van der Waals surface area contributed by atoms with Crippen molar-refractivity contribution < 1.29 is 22.7 Å². The molecule has 3 aromatic rings. The number of carbonyl (C=O) groups excluding carboxylic acids is 1. The third-order valence-electron chi connectivity index (χ3n) is 3.21. The van der Waals surface area contributed by atoms with Gasteiger partial charge >= 0.3 is 6.18 Å². The number of ether oxygens (including phenoxy) is 1. The van der Waals surface area contributed by atoms with Crippen LogP contribution in [-0.4, -0.2) is 22.5 Å². The van der Waals surface area contributed by atoms with E-state index in [2.05, 4.69) is 15.3 Å².